The molecule has 6 heteroatoms. The number of hydrogen-bond acceptors (Lipinski definition) is 3. The first-order valence-corrected chi connectivity index (χ1v) is 8.18. The molecular formula is C16H27N3O3. The molecule has 4 amide bonds. The standard InChI is InChI=1S/C16H27N3O3/c1-10(2)12(4)17-13(20)9-19-14(21)16(18-15(19)22)7-5-11(3)6-8-16/h10-12H,5-9H2,1-4H3,(H,17,20)(H,18,22)/t11?,12-,16?/m1/s1. The number of hydrogen-bond donors (Lipinski definition) is 2. The number of carbonyl (C=O) groups excluding carboxylic acids is 3. The first kappa shape index (κ1) is 16.8. The van der Waals surface area contributed by atoms with E-state index in [1.807, 2.05) is 20.8 Å². The highest BCUT2D eigenvalue weighted by atomic mass is 16.2. The number of nitrogens with zero attached hydrogens (tertiary/aromatic N) is 1. The topological polar surface area (TPSA) is 78.5 Å². The summed E-state index contributed by atoms with van der Waals surface area (Å²) < 4.78 is 0. The molecule has 0 unspecified atom stereocenters. The van der Waals surface area contributed by atoms with Crippen molar-refractivity contribution in [1.29, 1.82) is 0 Å². The van der Waals surface area contributed by atoms with Crippen LogP contribution in [0.15, 0.2) is 0 Å². The summed E-state index contributed by atoms with van der Waals surface area (Å²) in [6.07, 6.45) is 3.19. The molecule has 1 heterocycles. The molecule has 6 nitrogen and oxygen atoms in total. The quantitative estimate of drug-likeness (QED) is 0.775. The van der Waals surface area contributed by atoms with Gasteiger partial charge in [-0.3, -0.25) is 14.5 Å². The normalized spacial score (nSPS) is 29.9. The van der Waals surface area contributed by atoms with Gasteiger partial charge in [-0.25, -0.2) is 4.79 Å². The lowest BCUT2D eigenvalue weighted by Gasteiger charge is -2.33. The van der Waals surface area contributed by atoms with E-state index in [0.717, 1.165) is 17.7 Å². The Kier molecular flexibility index (Phi) is 4.78. The van der Waals surface area contributed by atoms with Gasteiger partial charge < -0.3 is 10.6 Å². The molecule has 1 atom stereocenters. The molecule has 2 fully saturated rings. The predicted octanol–water partition coefficient (Wildman–Crippen LogP) is 1.65. The molecule has 2 aliphatic rings. The summed E-state index contributed by atoms with van der Waals surface area (Å²) in [5.74, 6) is 0.362. The van der Waals surface area contributed by atoms with Gasteiger partial charge in [-0.05, 0) is 44.4 Å². The molecule has 1 spiro atoms. The van der Waals surface area contributed by atoms with Crippen molar-refractivity contribution >= 4 is 17.8 Å². The Hall–Kier alpha value is -1.59. The van der Waals surface area contributed by atoms with Gasteiger partial charge in [-0.2, -0.15) is 0 Å². The molecule has 1 saturated carbocycles. The summed E-state index contributed by atoms with van der Waals surface area (Å²) in [7, 11) is 0. The van der Waals surface area contributed by atoms with Crippen molar-refractivity contribution in [3.63, 3.8) is 0 Å². The lowest BCUT2D eigenvalue weighted by atomic mass is 9.77. The Morgan fingerprint density at radius 2 is 1.91 bits per heavy atom. The third-order valence-corrected chi connectivity index (χ3v) is 5.06. The second kappa shape index (κ2) is 6.26. The van der Waals surface area contributed by atoms with Crippen molar-refractivity contribution in [3.8, 4) is 0 Å². The highest BCUT2D eigenvalue weighted by Gasteiger charge is 2.52. The van der Waals surface area contributed by atoms with E-state index in [4.69, 9.17) is 0 Å². The van der Waals surface area contributed by atoms with Crippen LogP contribution in [0, 0.1) is 11.8 Å². The van der Waals surface area contributed by atoms with Crippen LogP contribution in [0.1, 0.15) is 53.4 Å². The molecule has 1 aliphatic carbocycles. The average molecular weight is 309 g/mol. The Morgan fingerprint density at radius 1 is 1.32 bits per heavy atom. The van der Waals surface area contributed by atoms with Crippen molar-refractivity contribution < 1.29 is 14.4 Å². The predicted molar refractivity (Wildman–Crippen MR) is 83.1 cm³/mol. The first-order valence-electron chi connectivity index (χ1n) is 8.18. The number of imide groups is 1. The van der Waals surface area contributed by atoms with E-state index in [1.165, 1.54) is 0 Å². The van der Waals surface area contributed by atoms with Crippen molar-refractivity contribution in [2.45, 2.75) is 65.0 Å². The van der Waals surface area contributed by atoms with Crippen molar-refractivity contribution in [3.05, 3.63) is 0 Å². The maximum absolute atomic E-state index is 12.6. The zero-order valence-corrected chi connectivity index (χ0v) is 13.9. The molecule has 0 aromatic heterocycles. The first-order chi connectivity index (χ1) is 10.2. The average Bonchev–Trinajstić information content (AvgIpc) is 2.67. The Balaban J connectivity index is 1.99. The third kappa shape index (κ3) is 3.25. The van der Waals surface area contributed by atoms with E-state index >= 15 is 0 Å². The van der Waals surface area contributed by atoms with Crippen LogP contribution in [0.4, 0.5) is 4.79 Å². The lowest BCUT2D eigenvalue weighted by Crippen LogP contribution is -2.50. The lowest BCUT2D eigenvalue weighted by molar-refractivity contribution is -0.136. The summed E-state index contributed by atoms with van der Waals surface area (Å²) in [5.41, 5.74) is -0.770. The second-order valence-electron chi connectivity index (χ2n) is 7.19. The summed E-state index contributed by atoms with van der Waals surface area (Å²) in [4.78, 5) is 37.8. The molecule has 22 heavy (non-hydrogen) atoms. The summed E-state index contributed by atoms with van der Waals surface area (Å²) in [6.45, 7) is 7.90. The van der Waals surface area contributed by atoms with Crippen LogP contribution in [0.2, 0.25) is 0 Å². The van der Waals surface area contributed by atoms with Gasteiger partial charge in [0, 0.05) is 6.04 Å². The fraction of sp³-hybridized carbons (Fsp3) is 0.812. The monoisotopic (exact) mass is 309 g/mol. The van der Waals surface area contributed by atoms with E-state index in [0.29, 0.717) is 24.7 Å². The van der Waals surface area contributed by atoms with Gasteiger partial charge in [0.1, 0.15) is 12.1 Å². The molecule has 2 N–H and O–H groups in total. The second-order valence-corrected chi connectivity index (χ2v) is 7.19. The fourth-order valence-corrected chi connectivity index (χ4v) is 3.02. The number of amides is 4. The molecule has 0 aromatic rings. The van der Waals surface area contributed by atoms with Crippen LogP contribution in [-0.4, -0.2) is 40.9 Å². The number of rotatable bonds is 4. The third-order valence-electron chi connectivity index (χ3n) is 5.06. The molecule has 1 saturated heterocycles. The van der Waals surface area contributed by atoms with Crippen LogP contribution in [-0.2, 0) is 9.59 Å². The minimum atomic E-state index is -0.770. The van der Waals surface area contributed by atoms with Gasteiger partial charge in [-0.15, -0.1) is 0 Å². The molecule has 0 bridgehead atoms. The zero-order chi connectivity index (χ0) is 16.5. The van der Waals surface area contributed by atoms with Crippen molar-refractivity contribution in [1.82, 2.24) is 15.5 Å². The summed E-state index contributed by atoms with van der Waals surface area (Å²) >= 11 is 0. The number of carbonyl (C=O) groups is 3. The van der Waals surface area contributed by atoms with Gasteiger partial charge in [0.2, 0.25) is 5.91 Å². The van der Waals surface area contributed by atoms with Crippen LogP contribution >= 0.6 is 0 Å². The largest absolute Gasteiger partial charge is 0.352 e. The maximum Gasteiger partial charge on any atom is 0.325 e. The Morgan fingerprint density at radius 3 is 2.45 bits per heavy atom. The molecule has 2 rings (SSSR count). The zero-order valence-electron chi connectivity index (χ0n) is 13.9. The van der Waals surface area contributed by atoms with Crippen LogP contribution < -0.4 is 10.6 Å². The SMILES string of the molecule is CC1CCC2(CC1)NC(=O)N(CC(=O)N[C@H](C)C(C)C)C2=O. The molecule has 124 valence electrons. The Labute approximate surface area is 132 Å². The van der Waals surface area contributed by atoms with Crippen LogP contribution in [0.5, 0.6) is 0 Å². The van der Waals surface area contributed by atoms with Crippen LogP contribution in [0.25, 0.3) is 0 Å². The van der Waals surface area contributed by atoms with Crippen molar-refractivity contribution in [2.75, 3.05) is 6.54 Å². The van der Waals surface area contributed by atoms with Crippen molar-refractivity contribution in [2.24, 2.45) is 11.8 Å². The summed E-state index contributed by atoms with van der Waals surface area (Å²) in [5, 5.41) is 5.66. The fourth-order valence-electron chi connectivity index (χ4n) is 3.02. The van der Waals surface area contributed by atoms with E-state index < -0.39 is 11.6 Å². The van der Waals surface area contributed by atoms with Gasteiger partial charge in [0.25, 0.3) is 5.91 Å². The molecule has 0 radical (unpaired) electrons. The molecular weight excluding hydrogens is 282 g/mol. The van der Waals surface area contributed by atoms with E-state index in [1.54, 1.807) is 0 Å². The van der Waals surface area contributed by atoms with E-state index in [9.17, 15) is 14.4 Å². The van der Waals surface area contributed by atoms with Gasteiger partial charge in [0.05, 0.1) is 0 Å². The number of urea groups is 1. The van der Waals surface area contributed by atoms with E-state index in [2.05, 4.69) is 17.6 Å². The van der Waals surface area contributed by atoms with E-state index in [-0.39, 0.29) is 24.4 Å². The Bertz CT molecular complexity index is 467. The van der Waals surface area contributed by atoms with Gasteiger partial charge >= 0.3 is 6.03 Å². The van der Waals surface area contributed by atoms with Crippen LogP contribution in [0.3, 0.4) is 0 Å². The minimum absolute atomic E-state index is 0.0118. The molecule has 0 aromatic carbocycles. The summed E-state index contributed by atoms with van der Waals surface area (Å²) in [6, 6.07) is -0.426. The molecule has 1 aliphatic heterocycles. The number of nitrogens with one attached hydrogen (secondary N) is 2. The smallest absolute Gasteiger partial charge is 0.325 e. The van der Waals surface area contributed by atoms with Gasteiger partial charge in [-0.1, -0.05) is 20.8 Å². The maximum atomic E-state index is 12.6. The van der Waals surface area contributed by atoms with Gasteiger partial charge in [0.15, 0.2) is 0 Å². The minimum Gasteiger partial charge on any atom is -0.352 e. The highest BCUT2D eigenvalue weighted by Crippen LogP contribution is 2.36. The highest BCUT2D eigenvalue weighted by molar-refractivity contribution is 6.09.